The number of nitrogens with one attached hydrogen (secondary N) is 1. The molecule has 0 radical (unpaired) electrons. The van der Waals surface area contributed by atoms with Crippen LogP contribution in [-0.2, 0) is 13.1 Å². The molecule has 0 atom stereocenters. The number of quaternary nitrogens is 1. The number of likely N-dealkylation sites (N-methyl/N-ethyl adjacent to an activating group) is 1. The van der Waals surface area contributed by atoms with Gasteiger partial charge < -0.3 is 15.5 Å². The van der Waals surface area contributed by atoms with Crippen molar-refractivity contribution in [2.45, 2.75) is 39.8 Å². The lowest BCUT2D eigenvalue weighted by Crippen LogP contribution is -2.44. The maximum absolute atomic E-state index is 12.1. The molecule has 2 rings (SSSR count). The first-order chi connectivity index (χ1) is 9.52. The van der Waals surface area contributed by atoms with Crippen molar-refractivity contribution in [3.8, 4) is 0 Å². The predicted octanol–water partition coefficient (Wildman–Crippen LogP) is 0.924. The van der Waals surface area contributed by atoms with E-state index >= 15 is 0 Å². The molecule has 1 saturated heterocycles. The highest BCUT2D eigenvalue weighted by Crippen LogP contribution is 2.18. The van der Waals surface area contributed by atoms with Crippen molar-refractivity contribution in [3.05, 3.63) is 10.4 Å². The molecule has 114 valence electrons. The van der Waals surface area contributed by atoms with Gasteiger partial charge in [0, 0.05) is 25.9 Å². The van der Waals surface area contributed by atoms with Crippen molar-refractivity contribution < 1.29 is 4.48 Å². The summed E-state index contributed by atoms with van der Waals surface area (Å²) in [4.78, 5) is 12.1. The molecule has 0 unspecified atom stereocenters. The van der Waals surface area contributed by atoms with Gasteiger partial charge in [-0.1, -0.05) is 0 Å². The number of nitrogen functional groups attached to an aromatic ring is 1. The van der Waals surface area contributed by atoms with Crippen molar-refractivity contribution in [1.29, 1.82) is 0 Å². The number of hydrogen-bond acceptors (Lipinski definition) is 3. The monoisotopic (exact) mass is 282 g/mol. The molecule has 0 saturated carbocycles. The minimum absolute atomic E-state index is 0.0848. The van der Waals surface area contributed by atoms with Crippen LogP contribution in [0.2, 0.25) is 0 Å². The Labute approximate surface area is 120 Å². The topological polar surface area (TPSA) is 65.0 Å². The quantitative estimate of drug-likeness (QED) is 0.763. The fourth-order valence-electron chi connectivity index (χ4n) is 3.21. The summed E-state index contributed by atoms with van der Waals surface area (Å²) in [5, 5.41) is 3.38. The molecule has 0 spiro atoms. The Morgan fingerprint density at radius 1 is 1.20 bits per heavy atom. The number of nitrogens with zero attached hydrogens (tertiary/aromatic N) is 3. The molecular weight excluding hydrogens is 254 g/mol. The summed E-state index contributed by atoms with van der Waals surface area (Å²) in [6.07, 6.45) is 2.65. The molecule has 3 N–H and O–H groups in total. The van der Waals surface area contributed by atoms with Gasteiger partial charge in [0.05, 0.1) is 33.2 Å². The van der Waals surface area contributed by atoms with Crippen LogP contribution in [0, 0.1) is 0 Å². The molecule has 0 amide bonds. The molecule has 6 nitrogen and oxygen atoms in total. The molecule has 1 aliphatic heterocycles. The normalized spacial score (nSPS) is 17.6. The van der Waals surface area contributed by atoms with Gasteiger partial charge in [-0.2, -0.15) is 0 Å². The number of anilines is 2. The summed E-state index contributed by atoms with van der Waals surface area (Å²) >= 11 is 0. The van der Waals surface area contributed by atoms with E-state index < -0.39 is 0 Å². The van der Waals surface area contributed by atoms with Crippen LogP contribution in [0.4, 0.5) is 11.5 Å². The van der Waals surface area contributed by atoms with Crippen LogP contribution < -0.4 is 16.6 Å². The Kier molecular flexibility index (Phi) is 4.42. The molecule has 6 heteroatoms. The Morgan fingerprint density at radius 3 is 2.35 bits per heavy atom. The summed E-state index contributed by atoms with van der Waals surface area (Å²) < 4.78 is 4.77. The Bertz CT molecular complexity index is 510. The highest BCUT2D eigenvalue weighted by Gasteiger charge is 2.26. The zero-order chi connectivity index (χ0) is 14.8. The first-order valence-electron chi connectivity index (χ1n) is 7.69. The van der Waals surface area contributed by atoms with Crippen LogP contribution in [0.15, 0.2) is 4.79 Å². The number of likely N-dealkylation sites (tertiary alicyclic amines) is 1. The van der Waals surface area contributed by atoms with E-state index in [0.29, 0.717) is 12.2 Å². The zero-order valence-electron chi connectivity index (χ0n) is 13.0. The van der Waals surface area contributed by atoms with Gasteiger partial charge in [0.1, 0.15) is 5.69 Å². The number of hydrogen-bond donors (Lipinski definition) is 2. The summed E-state index contributed by atoms with van der Waals surface area (Å²) in [6, 6.07) is 0. The number of rotatable bonds is 6. The summed E-state index contributed by atoms with van der Waals surface area (Å²) in [5.41, 5.74) is 6.22. The van der Waals surface area contributed by atoms with Gasteiger partial charge in [0.15, 0.2) is 5.82 Å². The third-order valence-corrected chi connectivity index (χ3v) is 4.46. The molecule has 1 aromatic rings. The second-order valence-corrected chi connectivity index (χ2v) is 5.92. The molecule has 1 aliphatic rings. The van der Waals surface area contributed by atoms with E-state index in [9.17, 15) is 4.79 Å². The highest BCUT2D eigenvalue weighted by atomic mass is 16.1. The smallest absolute Gasteiger partial charge is 0.292 e. The van der Waals surface area contributed by atoms with Crippen molar-refractivity contribution in [1.82, 2.24) is 9.36 Å². The van der Waals surface area contributed by atoms with Gasteiger partial charge in [-0.25, -0.2) is 4.68 Å². The molecule has 2 heterocycles. The van der Waals surface area contributed by atoms with Crippen molar-refractivity contribution in [2.75, 3.05) is 44.3 Å². The van der Waals surface area contributed by atoms with Gasteiger partial charge >= 0.3 is 0 Å². The van der Waals surface area contributed by atoms with E-state index in [1.807, 2.05) is 18.5 Å². The number of nitrogens with two attached hydrogens (primary N) is 1. The van der Waals surface area contributed by atoms with E-state index in [2.05, 4.69) is 12.4 Å². The van der Waals surface area contributed by atoms with Crippen LogP contribution in [0.25, 0.3) is 0 Å². The lowest BCUT2D eigenvalue weighted by atomic mass is 10.4. The number of aromatic nitrogens is 2. The van der Waals surface area contributed by atoms with E-state index in [4.69, 9.17) is 5.73 Å². The third kappa shape index (κ3) is 2.70. The van der Waals surface area contributed by atoms with Gasteiger partial charge in [0.25, 0.3) is 5.56 Å². The van der Waals surface area contributed by atoms with Crippen molar-refractivity contribution >= 4 is 11.5 Å². The Hall–Kier alpha value is -1.43. The third-order valence-electron chi connectivity index (χ3n) is 4.46. The molecule has 20 heavy (non-hydrogen) atoms. The largest absolute Gasteiger partial charge is 0.391 e. The summed E-state index contributed by atoms with van der Waals surface area (Å²) in [5.74, 6) is 0.783. The molecular formula is C14H28N5O+. The molecule has 0 bridgehead atoms. The molecule has 1 aromatic heterocycles. The van der Waals surface area contributed by atoms with E-state index in [1.54, 1.807) is 4.68 Å². The second kappa shape index (κ2) is 5.91. The van der Waals surface area contributed by atoms with Crippen LogP contribution in [0.5, 0.6) is 0 Å². The maximum Gasteiger partial charge on any atom is 0.292 e. The summed E-state index contributed by atoms with van der Waals surface area (Å²) in [7, 11) is 2.31. The van der Waals surface area contributed by atoms with Crippen LogP contribution >= 0.6 is 0 Å². The minimum Gasteiger partial charge on any atom is -0.391 e. The van der Waals surface area contributed by atoms with Gasteiger partial charge in [-0.3, -0.25) is 9.48 Å². The first kappa shape index (κ1) is 15.0. The van der Waals surface area contributed by atoms with Gasteiger partial charge in [0.2, 0.25) is 0 Å². The minimum atomic E-state index is -0.0848. The molecule has 1 fully saturated rings. The Balaban J connectivity index is 2.07. The fraction of sp³-hybridized carbons (Fsp3) is 0.786. The van der Waals surface area contributed by atoms with Crippen LogP contribution in [0.3, 0.4) is 0 Å². The van der Waals surface area contributed by atoms with E-state index in [1.165, 1.54) is 25.9 Å². The zero-order valence-corrected chi connectivity index (χ0v) is 13.0. The molecule has 0 aromatic carbocycles. The fourth-order valence-corrected chi connectivity index (χ4v) is 3.21. The van der Waals surface area contributed by atoms with E-state index in [0.717, 1.165) is 29.9 Å². The summed E-state index contributed by atoms with van der Waals surface area (Å²) in [6.45, 7) is 9.84. The van der Waals surface area contributed by atoms with Crippen LogP contribution in [-0.4, -0.2) is 47.1 Å². The lowest BCUT2D eigenvalue weighted by Gasteiger charge is -2.29. The second-order valence-electron chi connectivity index (χ2n) is 5.92. The SMILES string of the molecule is CCn1c(NCC[N+]2(C)CCCC2)c(N)c(=O)n1CC. The first-order valence-corrected chi connectivity index (χ1v) is 7.69. The van der Waals surface area contributed by atoms with Crippen LogP contribution in [0.1, 0.15) is 26.7 Å². The van der Waals surface area contributed by atoms with Gasteiger partial charge in [-0.05, 0) is 13.8 Å². The lowest BCUT2D eigenvalue weighted by molar-refractivity contribution is -0.895. The Morgan fingerprint density at radius 2 is 1.80 bits per heavy atom. The van der Waals surface area contributed by atoms with Crippen molar-refractivity contribution in [2.24, 2.45) is 0 Å². The highest BCUT2D eigenvalue weighted by molar-refractivity contribution is 5.60. The average Bonchev–Trinajstić information content (AvgIpc) is 2.95. The average molecular weight is 282 g/mol. The van der Waals surface area contributed by atoms with Crippen molar-refractivity contribution in [3.63, 3.8) is 0 Å². The standard InChI is InChI=1S/C14H27N5O/c1-4-17-13(12(15)14(20)18(17)5-2)16-8-11-19(3)9-6-7-10-19/h4-11,15H2,1-3H3/p+1. The van der Waals surface area contributed by atoms with E-state index in [-0.39, 0.29) is 5.56 Å². The maximum atomic E-state index is 12.1. The van der Waals surface area contributed by atoms with Gasteiger partial charge in [-0.15, -0.1) is 0 Å². The predicted molar refractivity (Wildman–Crippen MR) is 83.0 cm³/mol. The molecule has 0 aliphatic carbocycles.